The van der Waals surface area contributed by atoms with Gasteiger partial charge in [-0.2, -0.15) is 0 Å². The second-order valence-electron chi connectivity index (χ2n) is 3.23. The van der Waals surface area contributed by atoms with Gasteiger partial charge < -0.3 is 5.11 Å². The normalized spacial score (nSPS) is 11.5. The Balaban J connectivity index is 3.13. The molecule has 15 heavy (non-hydrogen) atoms. The fourth-order valence-electron chi connectivity index (χ4n) is 1.27. The summed E-state index contributed by atoms with van der Waals surface area (Å²) in [4.78, 5) is 10.3. The van der Waals surface area contributed by atoms with E-state index in [1.807, 2.05) is 0 Å². The zero-order valence-electron chi connectivity index (χ0n) is 7.93. The Hall–Kier alpha value is -0.970. The van der Waals surface area contributed by atoms with Gasteiger partial charge in [-0.25, -0.2) is 8.78 Å². The van der Waals surface area contributed by atoms with Crippen molar-refractivity contribution in [2.75, 3.05) is 0 Å². The van der Waals surface area contributed by atoms with Crippen LogP contribution in [0.2, 0.25) is 0 Å². The minimum absolute atomic E-state index is 0.251. The minimum Gasteiger partial charge on any atom is -0.481 e. The number of hydrogen-bond acceptors (Lipinski definition) is 1. The van der Waals surface area contributed by atoms with E-state index in [9.17, 15) is 13.6 Å². The lowest BCUT2D eigenvalue weighted by atomic mass is 10.0. The smallest absolute Gasteiger partial charge is 0.309 e. The third-order valence-electron chi connectivity index (χ3n) is 1.97. The molecule has 1 N–H and O–H groups in total. The monoisotopic (exact) mass is 278 g/mol. The summed E-state index contributed by atoms with van der Waals surface area (Å²) in [5.41, 5.74) is 0.128. The van der Waals surface area contributed by atoms with Gasteiger partial charge in [0.15, 0.2) is 0 Å². The van der Waals surface area contributed by atoms with Gasteiger partial charge in [-0.3, -0.25) is 4.79 Å². The summed E-state index contributed by atoms with van der Waals surface area (Å²) in [6, 6.07) is 4.41. The van der Waals surface area contributed by atoms with E-state index >= 15 is 0 Å². The third-order valence-corrected chi connectivity index (χ3v) is 2.46. The van der Waals surface area contributed by atoms with Gasteiger partial charge >= 0.3 is 5.97 Å². The number of carbonyl (C=O) groups is 1. The number of hydrogen-bond donors (Lipinski definition) is 1. The predicted octanol–water partition coefficient (Wildman–Crippen LogP) is 3.32. The second kappa shape index (κ2) is 4.26. The zero-order chi connectivity index (χ0) is 11.6. The Morgan fingerprint density at radius 1 is 1.53 bits per heavy atom. The Bertz CT molecular complexity index is 391. The number of rotatable bonds is 3. The van der Waals surface area contributed by atoms with E-state index in [0.29, 0.717) is 10.0 Å². The van der Waals surface area contributed by atoms with Gasteiger partial charge in [-0.1, -0.05) is 22.0 Å². The number of aliphatic carboxylic acids is 1. The number of halogens is 3. The summed E-state index contributed by atoms with van der Waals surface area (Å²) in [6.45, 7) is 1.53. The van der Waals surface area contributed by atoms with E-state index in [1.54, 1.807) is 6.07 Å². The molecule has 1 aromatic carbocycles. The quantitative estimate of drug-likeness (QED) is 0.921. The maximum Gasteiger partial charge on any atom is 0.309 e. The van der Waals surface area contributed by atoms with Crippen molar-refractivity contribution in [3.63, 3.8) is 0 Å². The Morgan fingerprint density at radius 2 is 2.13 bits per heavy atom. The highest BCUT2D eigenvalue weighted by Crippen LogP contribution is 2.35. The summed E-state index contributed by atoms with van der Waals surface area (Å²) < 4.78 is 27.4. The highest BCUT2D eigenvalue weighted by Gasteiger charge is 2.35. The van der Waals surface area contributed by atoms with Crippen LogP contribution in [-0.4, -0.2) is 11.1 Å². The van der Waals surface area contributed by atoms with Crippen molar-refractivity contribution in [2.24, 2.45) is 0 Å². The van der Waals surface area contributed by atoms with E-state index in [4.69, 9.17) is 5.11 Å². The highest BCUT2D eigenvalue weighted by molar-refractivity contribution is 9.10. The molecule has 82 valence electrons. The minimum atomic E-state index is -3.33. The molecule has 5 heteroatoms. The third kappa shape index (κ3) is 2.99. The first kappa shape index (κ1) is 12.1. The molecule has 0 bridgehead atoms. The Kier molecular flexibility index (Phi) is 3.44. The van der Waals surface area contributed by atoms with Crippen LogP contribution < -0.4 is 0 Å². The Morgan fingerprint density at radius 3 is 2.67 bits per heavy atom. The average Bonchev–Trinajstić information content (AvgIpc) is 2.06. The molecular weight excluding hydrogens is 270 g/mol. The molecule has 1 aromatic rings. The molecule has 0 amide bonds. The number of benzene rings is 1. The van der Waals surface area contributed by atoms with Gasteiger partial charge in [0.05, 0.1) is 0 Å². The first-order valence-corrected chi connectivity index (χ1v) is 4.98. The zero-order valence-corrected chi connectivity index (χ0v) is 9.51. The highest BCUT2D eigenvalue weighted by atomic mass is 79.9. The molecule has 0 heterocycles. The fraction of sp³-hybridized carbons (Fsp3) is 0.300. The molecule has 0 fully saturated rings. The molecule has 1 rings (SSSR count). The lowest BCUT2D eigenvalue weighted by molar-refractivity contribution is -0.145. The SMILES string of the molecule is Cc1ccc(Br)cc1C(F)(F)CC(=O)O. The lowest BCUT2D eigenvalue weighted by Crippen LogP contribution is -2.19. The van der Waals surface area contributed by atoms with Crippen LogP contribution in [0.3, 0.4) is 0 Å². The maximum atomic E-state index is 13.4. The Labute approximate surface area is 94.0 Å². The van der Waals surface area contributed by atoms with Crippen LogP contribution in [0.5, 0.6) is 0 Å². The predicted molar refractivity (Wildman–Crippen MR) is 55.0 cm³/mol. The molecule has 0 radical (unpaired) electrons. The standard InChI is InChI=1S/C10H9BrF2O2/c1-6-2-3-7(11)4-8(6)10(12,13)5-9(14)15/h2-4H,5H2,1H3,(H,14,15). The molecule has 0 atom stereocenters. The molecule has 0 saturated heterocycles. The molecule has 0 aliphatic heterocycles. The number of carboxylic acids is 1. The van der Waals surface area contributed by atoms with Crippen LogP contribution in [0.25, 0.3) is 0 Å². The summed E-state index contributed by atoms with van der Waals surface area (Å²) in [5.74, 6) is -4.85. The van der Waals surface area contributed by atoms with E-state index < -0.39 is 18.3 Å². The van der Waals surface area contributed by atoms with Crippen LogP contribution >= 0.6 is 15.9 Å². The first-order chi connectivity index (χ1) is 6.83. The molecular formula is C10H9BrF2O2. The van der Waals surface area contributed by atoms with Crippen molar-refractivity contribution in [3.8, 4) is 0 Å². The van der Waals surface area contributed by atoms with Gasteiger partial charge in [-0.05, 0) is 24.6 Å². The van der Waals surface area contributed by atoms with Crippen LogP contribution in [0.1, 0.15) is 17.5 Å². The van der Waals surface area contributed by atoms with Gasteiger partial charge in [0.2, 0.25) is 0 Å². The van der Waals surface area contributed by atoms with Gasteiger partial charge in [0.25, 0.3) is 5.92 Å². The van der Waals surface area contributed by atoms with Crippen LogP contribution in [-0.2, 0) is 10.7 Å². The average molecular weight is 279 g/mol. The van der Waals surface area contributed by atoms with Crippen LogP contribution in [0.4, 0.5) is 8.78 Å². The maximum absolute atomic E-state index is 13.4. The van der Waals surface area contributed by atoms with E-state index in [-0.39, 0.29) is 5.56 Å². The lowest BCUT2D eigenvalue weighted by Gasteiger charge is -2.17. The van der Waals surface area contributed by atoms with Crippen molar-refractivity contribution < 1.29 is 18.7 Å². The van der Waals surface area contributed by atoms with Gasteiger partial charge in [-0.15, -0.1) is 0 Å². The molecule has 0 aliphatic carbocycles. The van der Waals surface area contributed by atoms with Crippen molar-refractivity contribution >= 4 is 21.9 Å². The molecule has 0 aromatic heterocycles. The van der Waals surface area contributed by atoms with Crippen molar-refractivity contribution in [1.29, 1.82) is 0 Å². The second-order valence-corrected chi connectivity index (χ2v) is 4.15. The summed E-state index contributed by atoms with van der Waals surface area (Å²) in [5, 5.41) is 8.38. The fourth-order valence-corrected chi connectivity index (χ4v) is 1.63. The number of alkyl halides is 2. The largest absolute Gasteiger partial charge is 0.481 e. The number of carboxylic acid groups (broad SMARTS) is 1. The first-order valence-electron chi connectivity index (χ1n) is 4.19. The van der Waals surface area contributed by atoms with E-state index in [0.717, 1.165) is 0 Å². The van der Waals surface area contributed by atoms with Gasteiger partial charge in [0.1, 0.15) is 6.42 Å². The number of aryl methyl sites for hydroxylation is 1. The van der Waals surface area contributed by atoms with Crippen molar-refractivity contribution in [2.45, 2.75) is 19.3 Å². The van der Waals surface area contributed by atoms with Crippen LogP contribution in [0, 0.1) is 6.92 Å². The van der Waals surface area contributed by atoms with Crippen LogP contribution in [0.15, 0.2) is 22.7 Å². The van der Waals surface area contributed by atoms with Crippen molar-refractivity contribution in [3.05, 3.63) is 33.8 Å². The summed E-state index contributed by atoms with van der Waals surface area (Å²) >= 11 is 3.07. The molecule has 0 saturated carbocycles. The van der Waals surface area contributed by atoms with E-state index in [1.165, 1.54) is 19.1 Å². The molecule has 0 spiro atoms. The van der Waals surface area contributed by atoms with Gasteiger partial charge in [0, 0.05) is 10.0 Å². The van der Waals surface area contributed by atoms with E-state index in [2.05, 4.69) is 15.9 Å². The molecule has 0 aliphatic rings. The molecule has 0 unspecified atom stereocenters. The summed E-state index contributed by atoms with van der Waals surface area (Å²) in [7, 11) is 0. The van der Waals surface area contributed by atoms with Crippen molar-refractivity contribution in [1.82, 2.24) is 0 Å². The summed E-state index contributed by atoms with van der Waals surface area (Å²) in [6.07, 6.45) is -1.19. The topological polar surface area (TPSA) is 37.3 Å². The molecule has 2 nitrogen and oxygen atoms in total.